The molecule has 3 fully saturated rings. The highest BCUT2D eigenvalue weighted by Gasteiger charge is 2.65. The molecule has 5 rings (SSSR count). The van der Waals surface area contributed by atoms with Crippen molar-refractivity contribution in [2.24, 2.45) is 5.92 Å². The second-order valence-electron chi connectivity index (χ2n) is 7.10. The Morgan fingerprint density at radius 1 is 1.29 bits per heavy atom. The van der Waals surface area contributed by atoms with Crippen molar-refractivity contribution < 1.29 is 8.42 Å². The molecule has 1 N–H and O–H groups in total. The van der Waals surface area contributed by atoms with Crippen molar-refractivity contribution in [3.63, 3.8) is 0 Å². The molecule has 2 aliphatic heterocycles. The summed E-state index contributed by atoms with van der Waals surface area (Å²) in [6.07, 6.45) is 6.11. The van der Waals surface area contributed by atoms with E-state index in [0.29, 0.717) is 33.8 Å². The molecular formula is C17H18ClN3O2S. The molecular weight excluding hydrogens is 346 g/mol. The quantitative estimate of drug-likeness (QED) is 0.890. The summed E-state index contributed by atoms with van der Waals surface area (Å²) in [6, 6.07) is 5.59. The lowest BCUT2D eigenvalue weighted by atomic mass is 9.99. The fourth-order valence-corrected chi connectivity index (χ4v) is 7.11. The molecule has 2 saturated heterocycles. The van der Waals surface area contributed by atoms with Gasteiger partial charge in [0.15, 0.2) is 0 Å². The summed E-state index contributed by atoms with van der Waals surface area (Å²) >= 11 is 6.30. The molecule has 2 aromatic rings. The third kappa shape index (κ3) is 1.88. The molecule has 24 heavy (non-hydrogen) atoms. The highest BCUT2D eigenvalue weighted by Crippen LogP contribution is 2.55. The van der Waals surface area contributed by atoms with Gasteiger partial charge in [0, 0.05) is 35.8 Å². The number of halogens is 1. The monoisotopic (exact) mass is 363 g/mol. The van der Waals surface area contributed by atoms with E-state index < -0.39 is 10.0 Å². The van der Waals surface area contributed by atoms with Gasteiger partial charge in [-0.25, -0.2) is 8.42 Å². The van der Waals surface area contributed by atoms with Gasteiger partial charge in [0.1, 0.15) is 0 Å². The lowest BCUT2D eigenvalue weighted by Crippen LogP contribution is -2.46. The molecule has 1 aliphatic carbocycles. The van der Waals surface area contributed by atoms with Crippen molar-refractivity contribution in [1.29, 1.82) is 0 Å². The number of aromatic nitrogens is 1. The lowest BCUT2D eigenvalue weighted by molar-refractivity contribution is 0.333. The Balaban J connectivity index is 1.67. The Morgan fingerprint density at radius 3 is 2.92 bits per heavy atom. The van der Waals surface area contributed by atoms with E-state index >= 15 is 0 Å². The zero-order chi connectivity index (χ0) is 16.5. The van der Waals surface area contributed by atoms with E-state index in [1.54, 1.807) is 22.6 Å². The first-order chi connectivity index (χ1) is 11.5. The van der Waals surface area contributed by atoms with Gasteiger partial charge in [-0.15, -0.1) is 0 Å². The number of benzene rings is 1. The van der Waals surface area contributed by atoms with Crippen molar-refractivity contribution in [2.75, 3.05) is 13.1 Å². The van der Waals surface area contributed by atoms with Crippen LogP contribution in [0.25, 0.3) is 10.8 Å². The van der Waals surface area contributed by atoms with Gasteiger partial charge in [-0.05, 0) is 37.8 Å². The van der Waals surface area contributed by atoms with Crippen LogP contribution in [0.15, 0.2) is 35.5 Å². The number of sulfonamides is 1. The van der Waals surface area contributed by atoms with Gasteiger partial charge >= 0.3 is 0 Å². The highest BCUT2D eigenvalue weighted by atomic mass is 35.5. The Kier molecular flexibility index (Phi) is 3.09. The maximum atomic E-state index is 13.5. The summed E-state index contributed by atoms with van der Waals surface area (Å²) in [5.41, 5.74) is -0.221. The zero-order valence-electron chi connectivity index (χ0n) is 13.1. The van der Waals surface area contributed by atoms with E-state index in [0.717, 1.165) is 31.2 Å². The van der Waals surface area contributed by atoms with Crippen LogP contribution in [0.2, 0.25) is 5.02 Å². The van der Waals surface area contributed by atoms with Gasteiger partial charge in [0.25, 0.3) is 0 Å². The van der Waals surface area contributed by atoms with Crippen LogP contribution < -0.4 is 5.32 Å². The molecule has 1 aromatic heterocycles. The molecule has 126 valence electrons. The summed E-state index contributed by atoms with van der Waals surface area (Å²) in [5, 5.41) is 5.25. The van der Waals surface area contributed by atoms with Crippen LogP contribution in [-0.4, -0.2) is 42.4 Å². The second-order valence-corrected chi connectivity index (χ2v) is 9.33. The van der Waals surface area contributed by atoms with Gasteiger partial charge in [0.2, 0.25) is 10.0 Å². The molecule has 1 saturated carbocycles. The Labute approximate surface area is 146 Å². The highest BCUT2D eigenvalue weighted by molar-refractivity contribution is 7.89. The van der Waals surface area contributed by atoms with E-state index in [1.807, 2.05) is 6.07 Å². The molecule has 5 nitrogen and oxygen atoms in total. The third-order valence-corrected chi connectivity index (χ3v) is 8.13. The molecule has 3 heterocycles. The zero-order valence-corrected chi connectivity index (χ0v) is 14.6. The van der Waals surface area contributed by atoms with Crippen LogP contribution in [0.4, 0.5) is 0 Å². The Morgan fingerprint density at radius 2 is 2.12 bits per heavy atom. The number of hydrogen-bond donors (Lipinski definition) is 1. The van der Waals surface area contributed by atoms with Crippen LogP contribution >= 0.6 is 11.6 Å². The first-order valence-electron chi connectivity index (χ1n) is 8.32. The van der Waals surface area contributed by atoms with Crippen LogP contribution in [0, 0.1) is 5.92 Å². The fraction of sp³-hybridized carbons (Fsp3) is 0.471. The van der Waals surface area contributed by atoms with Gasteiger partial charge in [0.05, 0.1) is 15.5 Å². The Hall–Kier alpha value is -1.21. The van der Waals surface area contributed by atoms with Crippen molar-refractivity contribution >= 4 is 32.4 Å². The number of nitrogens with zero attached hydrogens (tertiary/aromatic N) is 2. The van der Waals surface area contributed by atoms with Gasteiger partial charge in [-0.2, -0.15) is 4.31 Å². The van der Waals surface area contributed by atoms with Crippen molar-refractivity contribution in [1.82, 2.24) is 14.6 Å². The van der Waals surface area contributed by atoms with Crippen molar-refractivity contribution in [3.05, 3.63) is 35.6 Å². The minimum Gasteiger partial charge on any atom is -0.312 e. The number of nitrogens with one attached hydrogen (secondary N) is 1. The number of rotatable bonds is 2. The predicted molar refractivity (Wildman–Crippen MR) is 92.5 cm³/mol. The minimum absolute atomic E-state index is 0.221. The smallest absolute Gasteiger partial charge is 0.244 e. The molecule has 0 radical (unpaired) electrons. The van der Waals surface area contributed by atoms with E-state index in [4.69, 9.17) is 11.6 Å². The molecule has 3 aliphatic rings. The first-order valence-corrected chi connectivity index (χ1v) is 10.1. The lowest BCUT2D eigenvalue weighted by Gasteiger charge is -2.27. The maximum absolute atomic E-state index is 13.5. The average Bonchev–Trinajstić information content (AvgIpc) is 3.10. The van der Waals surface area contributed by atoms with Crippen LogP contribution in [0.5, 0.6) is 0 Å². The van der Waals surface area contributed by atoms with Crippen LogP contribution in [-0.2, 0) is 10.0 Å². The van der Waals surface area contributed by atoms with Crippen molar-refractivity contribution in [2.45, 2.75) is 35.7 Å². The van der Waals surface area contributed by atoms with Crippen molar-refractivity contribution in [3.8, 4) is 0 Å². The minimum atomic E-state index is -3.59. The maximum Gasteiger partial charge on any atom is 0.244 e. The number of fused-ring (bicyclic) bond motifs is 3. The van der Waals surface area contributed by atoms with E-state index in [9.17, 15) is 8.42 Å². The van der Waals surface area contributed by atoms with Crippen LogP contribution in [0.1, 0.15) is 19.3 Å². The van der Waals surface area contributed by atoms with Gasteiger partial charge < -0.3 is 5.32 Å². The first kappa shape index (κ1) is 15.1. The average molecular weight is 364 g/mol. The summed E-state index contributed by atoms with van der Waals surface area (Å²) in [6.45, 7) is 1.61. The summed E-state index contributed by atoms with van der Waals surface area (Å²) in [4.78, 5) is 4.37. The van der Waals surface area contributed by atoms with E-state index in [1.165, 1.54) is 6.20 Å². The Bertz CT molecular complexity index is 937. The standard InChI is InChI=1S/C17H18ClN3O2S/c18-13-9-19-8-11-2-1-3-14(15(11)13)24(22,23)21-10-12-4-7-20-16(12)17(21)5-6-17/h1-3,8-9,12,16,20H,4-7,10H2. The van der Waals surface area contributed by atoms with Gasteiger partial charge in [-0.1, -0.05) is 23.7 Å². The summed E-state index contributed by atoms with van der Waals surface area (Å²) < 4.78 is 28.8. The summed E-state index contributed by atoms with van der Waals surface area (Å²) in [7, 11) is -3.59. The molecule has 1 aromatic carbocycles. The largest absolute Gasteiger partial charge is 0.312 e. The molecule has 2 unspecified atom stereocenters. The normalized spacial score (nSPS) is 28.5. The van der Waals surface area contributed by atoms with Crippen LogP contribution in [0.3, 0.4) is 0 Å². The molecule has 7 heteroatoms. The summed E-state index contributed by atoms with van der Waals surface area (Å²) in [5.74, 6) is 0.425. The number of pyridine rings is 1. The van der Waals surface area contributed by atoms with E-state index in [2.05, 4.69) is 10.3 Å². The second kappa shape index (κ2) is 4.91. The molecule has 1 spiro atoms. The van der Waals surface area contributed by atoms with E-state index in [-0.39, 0.29) is 5.54 Å². The molecule has 0 amide bonds. The third-order valence-electron chi connectivity index (χ3n) is 5.86. The predicted octanol–water partition coefficient (Wildman–Crippen LogP) is 2.40. The SMILES string of the molecule is O=S(=O)(c1cccc2cncc(Cl)c12)N1CC2CCNC2C12CC2. The molecule has 2 atom stereocenters. The topological polar surface area (TPSA) is 62.3 Å². The van der Waals surface area contributed by atoms with Gasteiger partial charge in [-0.3, -0.25) is 4.98 Å². The number of hydrogen-bond acceptors (Lipinski definition) is 4. The molecule has 0 bridgehead atoms. The fourth-order valence-electron chi connectivity index (χ4n) is 4.65.